The molecule has 1 heterocycles. The van der Waals surface area contributed by atoms with E-state index < -0.39 is 5.97 Å². The highest BCUT2D eigenvalue weighted by atomic mass is 35.5. The minimum absolute atomic E-state index is 0.117. The van der Waals surface area contributed by atoms with Crippen LogP contribution in [0.3, 0.4) is 0 Å². The Morgan fingerprint density at radius 2 is 2.04 bits per heavy atom. The van der Waals surface area contributed by atoms with E-state index in [9.17, 15) is 9.59 Å². The maximum Gasteiger partial charge on any atom is 0.358 e. The number of carboxylic acid groups (broad SMARTS) is 1. The van der Waals surface area contributed by atoms with Gasteiger partial charge in [0.15, 0.2) is 5.69 Å². The van der Waals surface area contributed by atoms with Crippen LogP contribution in [0.5, 0.6) is 0 Å². The number of carbonyl (C=O) groups is 2. The second-order valence-electron chi connectivity index (χ2n) is 5.42. The first-order valence-electron chi connectivity index (χ1n) is 7.05. The summed E-state index contributed by atoms with van der Waals surface area (Å²) in [5, 5.41) is 19.4. The lowest BCUT2D eigenvalue weighted by molar-refractivity contribution is -0.123. The monoisotopic (exact) mass is 336 g/mol. The van der Waals surface area contributed by atoms with Crippen LogP contribution in [0.15, 0.2) is 30.5 Å². The summed E-state index contributed by atoms with van der Waals surface area (Å²) in [6.45, 7) is 3.84. The van der Waals surface area contributed by atoms with Gasteiger partial charge in [-0.3, -0.25) is 4.79 Å². The number of hydrogen-bond acceptors (Lipinski definition) is 4. The summed E-state index contributed by atoms with van der Waals surface area (Å²) in [5.74, 6) is -1.36. The van der Waals surface area contributed by atoms with Crippen LogP contribution in [0.1, 0.15) is 35.9 Å². The third kappa shape index (κ3) is 4.29. The third-order valence-electron chi connectivity index (χ3n) is 3.29. The number of hydrogen-bond donors (Lipinski definition) is 2. The highest BCUT2D eigenvalue weighted by molar-refractivity contribution is 6.31. The van der Waals surface area contributed by atoms with Crippen LogP contribution in [-0.2, 0) is 11.3 Å². The number of carboxylic acids is 1. The molecule has 0 radical (unpaired) electrons. The molecule has 0 saturated heterocycles. The zero-order valence-corrected chi connectivity index (χ0v) is 13.5. The Bertz CT molecular complexity index is 714. The minimum Gasteiger partial charge on any atom is -0.476 e. The molecule has 0 aliphatic heterocycles. The normalized spacial score (nSPS) is 12.2. The predicted molar refractivity (Wildman–Crippen MR) is 84.2 cm³/mol. The van der Waals surface area contributed by atoms with Crippen molar-refractivity contribution in [3.63, 3.8) is 0 Å². The number of aromatic nitrogens is 3. The summed E-state index contributed by atoms with van der Waals surface area (Å²) in [6.07, 6.45) is 1.21. The standard InChI is InChI=1S/C15H17ClN4O3/c1-9(2)14(10-5-3-4-6-11(10)16)17-13(21)8-20-7-12(15(22)23)18-19-20/h3-7,9,14H,8H2,1-2H3,(H,17,21)(H,22,23). The number of amides is 1. The van der Waals surface area contributed by atoms with E-state index >= 15 is 0 Å². The molecule has 7 nitrogen and oxygen atoms in total. The van der Waals surface area contributed by atoms with Gasteiger partial charge >= 0.3 is 5.97 Å². The van der Waals surface area contributed by atoms with E-state index in [1.165, 1.54) is 10.9 Å². The molecular weight excluding hydrogens is 320 g/mol. The van der Waals surface area contributed by atoms with E-state index in [0.717, 1.165) is 5.56 Å². The molecule has 0 spiro atoms. The summed E-state index contributed by atoms with van der Waals surface area (Å²) in [5.41, 5.74) is 0.631. The molecule has 2 rings (SSSR count). The smallest absolute Gasteiger partial charge is 0.358 e. The van der Waals surface area contributed by atoms with Crippen molar-refractivity contribution in [2.75, 3.05) is 0 Å². The number of nitrogens with zero attached hydrogens (tertiary/aromatic N) is 3. The Balaban J connectivity index is 2.09. The Hall–Kier alpha value is -2.41. The van der Waals surface area contributed by atoms with Crippen LogP contribution in [0, 0.1) is 5.92 Å². The van der Waals surface area contributed by atoms with Gasteiger partial charge in [0.05, 0.1) is 12.2 Å². The zero-order valence-electron chi connectivity index (χ0n) is 12.7. The molecule has 1 amide bonds. The van der Waals surface area contributed by atoms with Crippen LogP contribution < -0.4 is 5.32 Å². The molecule has 0 aliphatic carbocycles. The van der Waals surface area contributed by atoms with Gasteiger partial charge in [0.1, 0.15) is 6.54 Å². The van der Waals surface area contributed by atoms with Crippen LogP contribution in [0.4, 0.5) is 0 Å². The number of nitrogens with one attached hydrogen (secondary N) is 1. The van der Waals surface area contributed by atoms with E-state index in [0.29, 0.717) is 5.02 Å². The van der Waals surface area contributed by atoms with Crippen molar-refractivity contribution in [1.82, 2.24) is 20.3 Å². The fourth-order valence-electron chi connectivity index (χ4n) is 2.17. The average molecular weight is 337 g/mol. The number of halogens is 1. The summed E-state index contributed by atoms with van der Waals surface area (Å²) in [4.78, 5) is 23.0. The summed E-state index contributed by atoms with van der Waals surface area (Å²) in [6, 6.07) is 7.08. The second kappa shape index (κ2) is 7.23. The lowest BCUT2D eigenvalue weighted by atomic mass is 9.96. The average Bonchev–Trinajstić information content (AvgIpc) is 2.94. The highest BCUT2D eigenvalue weighted by Crippen LogP contribution is 2.28. The van der Waals surface area contributed by atoms with Gasteiger partial charge in [-0.2, -0.15) is 0 Å². The second-order valence-corrected chi connectivity index (χ2v) is 5.82. The third-order valence-corrected chi connectivity index (χ3v) is 3.63. The summed E-state index contributed by atoms with van der Waals surface area (Å²) < 4.78 is 1.18. The van der Waals surface area contributed by atoms with Crippen LogP contribution in [-0.4, -0.2) is 32.0 Å². The van der Waals surface area contributed by atoms with Gasteiger partial charge in [-0.25, -0.2) is 9.48 Å². The Morgan fingerprint density at radius 1 is 1.35 bits per heavy atom. The molecule has 2 N–H and O–H groups in total. The molecule has 1 atom stereocenters. The molecule has 0 bridgehead atoms. The fraction of sp³-hybridized carbons (Fsp3) is 0.333. The van der Waals surface area contributed by atoms with E-state index in [2.05, 4.69) is 15.6 Å². The number of carbonyl (C=O) groups excluding carboxylic acids is 1. The van der Waals surface area contributed by atoms with Crippen LogP contribution >= 0.6 is 11.6 Å². The maximum absolute atomic E-state index is 12.2. The lowest BCUT2D eigenvalue weighted by Crippen LogP contribution is -2.34. The minimum atomic E-state index is -1.19. The van der Waals surface area contributed by atoms with E-state index in [-0.39, 0.29) is 30.1 Å². The first kappa shape index (κ1) is 17.0. The van der Waals surface area contributed by atoms with E-state index in [4.69, 9.17) is 16.7 Å². The van der Waals surface area contributed by atoms with Gasteiger partial charge < -0.3 is 10.4 Å². The molecule has 122 valence electrons. The van der Waals surface area contributed by atoms with Gasteiger partial charge in [-0.15, -0.1) is 5.10 Å². The lowest BCUT2D eigenvalue weighted by Gasteiger charge is -2.23. The molecule has 8 heteroatoms. The van der Waals surface area contributed by atoms with Gasteiger partial charge in [0.25, 0.3) is 0 Å². The van der Waals surface area contributed by atoms with Gasteiger partial charge in [0.2, 0.25) is 5.91 Å². The Labute approximate surface area is 138 Å². The Kier molecular flexibility index (Phi) is 5.33. The topological polar surface area (TPSA) is 97.1 Å². The van der Waals surface area contributed by atoms with Crippen molar-refractivity contribution in [2.45, 2.75) is 26.4 Å². The fourth-order valence-corrected chi connectivity index (χ4v) is 2.42. The largest absolute Gasteiger partial charge is 0.476 e. The van der Waals surface area contributed by atoms with Crippen LogP contribution in [0.25, 0.3) is 0 Å². The molecule has 23 heavy (non-hydrogen) atoms. The number of rotatable bonds is 6. The molecule has 0 fully saturated rings. The predicted octanol–water partition coefficient (Wildman–Crippen LogP) is 2.14. The first-order chi connectivity index (χ1) is 10.9. The van der Waals surface area contributed by atoms with Crippen molar-refractivity contribution >= 4 is 23.5 Å². The molecule has 2 aromatic rings. The van der Waals surface area contributed by atoms with Crippen molar-refractivity contribution in [1.29, 1.82) is 0 Å². The van der Waals surface area contributed by atoms with Gasteiger partial charge in [0, 0.05) is 5.02 Å². The molecule has 1 unspecified atom stereocenters. The van der Waals surface area contributed by atoms with Gasteiger partial charge in [-0.05, 0) is 17.5 Å². The molecule has 0 saturated carbocycles. The first-order valence-corrected chi connectivity index (χ1v) is 7.43. The molecule has 1 aromatic carbocycles. The number of aromatic carboxylic acids is 1. The van der Waals surface area contributed by atoms with Gasteiger partial charge in [-0.1, -0.05) is 48.9 Å². The van der Waals surface area contributed by atoms with Crippen molar-refractivity contribution in [3.8, 4) is 0 Å². The SMILES string of the molecule is CC(C)C(NC(=O)Cn1cc(C(=O)O)nn1)c1ccccc1Cl. The Morgan fingerprint density at radius 3 is 2.61 bits per heavy atom. The van der Waals surface area contributed by atoms with Crippen molar-refractivity contribution in [3.05, 3.63) is 46.7 Å². The summed E-state index contributed by atoms with van der Waals surface area (Å²) in [7, 11) is 0. The zero-order chi connectivity index (χ0) is 17.0. The van der Waals surface area contributed by atoms with Crippen LogP contribution in [0.2, 0.25) is 5.02 Å². The van der Waals surface area contributed by atoms with E-state index in [1.54, 1.807) is 6.07 Å². The molecule has 0 aliphatic rings. The summed E-state index contributed by atoms with van der Waals surface area (Å²) >= 11 is 6.20. The maximum atomic E-state index is 12.2. The number of benzene rings is 1. The van der Waals surface area contributed by atoms with Crippen molar-refractivity contribution in [2.24, 2.45) is 5.92 Å². The van der Waals surface area contributed by atoms with E-state index in [1.807, 2.05) is 32.0 Å². The molecular formula is C15H17ClN4O3. The quantitative estimate of drug-likeness (QED) is 0.842. The highest BCUT2D eigenvalue weighted by Gasteiger charge is 2.21. The van der Waals surface area contributed by atoms with Crippen molar-refractivity contribution < 1.29 is 14.7 Å². The molecule has 1 aromatic heterocycles.